The smallest absolute Gasteiger partial charge is 0.253 e. The topological polar surface area (TPSA) is 93.6 Å². The third-order valence-electron chi connectivity index (χ3n) is 6.91. The van der Waals surface area contributed by atoms with Crippen LogP contribution in [0.4, 0.5) is 0 Å². The minimum atomic E-state index is -0.536. The lowest BCUT2D eigenvalue weighted by molar-refractivity contribution is -0.245. The predicted molar refractivity (Wildman–Crippen MR) is 161 cm³/mol. The number of benzene rings is 3. The standard InChI is InChI=1S/C32H29N3O4S2/c36-19-22-9-11-23(12-10-22)28-16-26(20-40-32-35-27-5-1-2-6-29(27)41-32)38-31(39-28)24-13-7-21(8-14-24)17-34-30(37)25-4-3-15-33-18-25/h1-15,18,26,28,31,36H,16-17,19-20H2,(H,34,37)/t26-,28+,31+/m0/s1. The highest BCUT2D eigenvalue weighted by molar-refractivity contribution is 8.01. The lowest BCUT2D eigenvalue weighted by Gasteiger charge is -2.36. The summed E-state index contributed by atoms with van der Waals surface area (Å²) in [6.07, 6.45) is 3.17. The minimum absolute atomic E-state index is 0.00795. The molecule has 3 aromatic carbocycles. The fourth-order valence-corrected chi connectivity index (χ4v) is 6.79. The van der Waals surface area contributed by atoms with Gasteiger partial charge in [-0.25, -0.2) is 4.98 Å². The van der Waals surface area contributed by atoms with Crippen LogP contribution in [0.2, 0.25) is 0 Å². The third-order valence-corrected chi connectivity index (χ3v) is 9.22. The van der Waals surface area contributed by atoms with Crippen molar-refractivity contribution >= 4 is 39.2 Å². The molecule has 3 heterocycles. The Kier molecular flexibility index (Phi) is 8.69. The zero-order valence-electron chi connectivity index (χ0n) is 22.2. The quantitative estimate of drug-likeness (QED) is 0.193. The lowest BCUT2D eigenvalue weighted by atomic mass is 10.0. The Labute approximate surface area is 246 Å². The Bertz CT molecular complexity index is 1560. The first-order valence-corrected chi connectivity index (χ1v) is 15.2. The number of aliphatic hydroxyl groups is 1. The first-order chi connectivity index (χ1) is 20.1. The molecule has 0 aliphatic carbocycles. The molecule has 1 amide bonds. The molecule has 2 aromatic heterocycles. The molecular formula is C32H29N3O4S2. The zero-order chi connectivity index (χ0) is 28.0. The molecule has 3 atom stereocenters. The van der Waals surface area contributed by atoms with Gasteiger partial charge in [-0.2, -0.15) is 0 Å². The van der Waals surface area contributed by atoms with Crippen LogP contribution in [-0.4, -0.2) is 32.8 Å². The van der Waals surface area contributed by atoms with Crippen molar-refractivity contribution in [1.29, 1.82) is 0 Å². The Morgan fingerprint density at radius 3 is 2.49 bits per heavy atom. The molecule has 2 N–H and O–H groups in total. The molecule has 0 spiro atoms. The Balaban J connectivity index is 1.15. The van der Waals surface area contributed by atoms with Gasteiger partial charge in [-0.3, -0.25) is 9.78 Å². The Hall–Kier alpha value is -3.60. The third kappa shape index (κ3) is 6.83. The molecule has 6 rings (SSSR count). The number of rotatable bonds is 9. The van der Waals surface area contributed by atoms with Gasteiger partial charge in [-0.05, 0) is 41.0 Å². The van der Waals surface area contributed by atoms with E-state index < -0.39 is 6.29 Å². The number of amides is 1. The van der Waals surface area contributed by atoms with Crippen LogP contribution in [0.5, 0.6) is 0 Å². The molecule has 0 unspecified atom stereocenters. The number of fused-ring (bicyclic) bond motifs is 1. The first kappa shape index (κ1) is 27.6. The van der Waals surface area contributed by atoms with Crippen molar-refractivity contribution < 1.29 is 19.4 Å². The summed E-state index contributed by atoms with van der Waals surface area (Å²) >= 11 is 3.41. The van der Waals surface area contributed by atoms with E-state index in [1.54, 1.807) is 47.6 Å². The zero-order valence-corrected chi connectivity index (χ0v) is 23.8. The summed E-state index contributed by atoms with van der Waals surface area (Å²) in [4.78, 5) is 21.2. The van der Waals surface area contributed by atoms with Gasteiger partial charge in [0.05, 0.1) is 34.6 Å². The molecule has 41 heavy (non-hydrogen) atoms. The van der Waals surface area contributed by atoms with E-state index in [1.807, 2.05) is 66.7 Å². The van der Waals surface area contributed by atoms with Crippen molar-refractivity contribution in [3.63, 3.8) is 0 Å². The van der Waals surface area contributed by atoms with E-state index in [4.69, 9.17) is 14.5 Å². The second-order valence-electron chi connectivity index (χ2n) is 9.77. The van der Waals surface area contributed by atoms with Crippen molar-refractivity contribution in [3.05, 3.63) is 125 Å². The van der Waals surface area contributed by atoms with Gasteiger partial charge in [-0.1, -0.05) is 72.4 Å². The van der Waals surface area contributed by atoms with Gasteiger partial charge in [0.2, 0.25) is 0 Å². The number of nitrogens with zero attached hydrogens (tertiary/aromatic N) is 2. The molecular weight excluding hydrogens is 555 g/mol. The highest BCUT2D eigenvalue weighted by Crippen LogP contribution is 2.40. The molecule has 1 fully saturated rings. The second-order valence-corrected chi connectivity index (χ2v) is 12.1. The van der Waals surface area contributed by atoms with E-state index in [0.29, 0.717) is 18.5 Å². The molecule has 0 bridgehead atoms. The molecule has 1 saturated heterocycles. The monoisotopic (exact) mass is 583 g/mol. The maximum Gasteiger partial charge on any atom is 0.253 e. The Morgan fingerprint density at radius 1 is 0.951 bits per heavy atom. The highest BCUT2D eigenvalue weighted by atomic mass is 32.2. The van der Waals surface area contributed by atoms with Crippen molar-refractivity contribution in [1.82, 2.24) is 15.3 Å². The fourth-order valence-electron chi connectivity index (χ4n) is 4.67. The van der Waals surface area contributed by atoms with Crippen LogP contribution in [-0.2, 0) is 22.6 Å². The average Bonchev–Trinajstić information content (AvgIpc) is 3.46. The number of hydrogen-bond donors (Lipinski definition) is 2. The van der Waals surface area contributed by atoms with Gasteiger partial charge >= 0.3 is 0 Å². The van der Waals surface area contributed by atoms with Crippen LogP contribution < -0.4 is 5.32 Å². The fraction of sp³-hybridized carbons (Fsp3) is 0.219. The van der Waals surface area contributed by atoms with Crippen LogP contribution in [0, 0.1) is 0 Å². The molecule has 1 aliphatic heterocycles. The summed E-state index contributed by atoms with van der Waals surface area (Å²) < 4.78 is 15.2. The first-order valence-electron chi connectivity index (χ1n) is 13.4. The van der Waals surface area contributed by atoms with Crippen LogP contribution in [0.15, 0.2) is 102 Å². The number of nitrogens with one attached hydrogen (secondary N) is 1. The Morgan fingerprint density at radius 2 is 1.73 bits per heavy atom. The predicted octanol–water partition coefficient (Wildman–Crippen LogP) is 6.45. The molecule has 0 saturated carbocycles. The van der Waals surface area contributed by atoms with Crippen molar-refractivity contribution in [2.75, 3.05) is 5.75 Å². The number of aromatic nitrogens is 2. The van der Waals surface area contributed by atoms with Crippen molar-refractivity contribution in [3.8, 4) is 0 Å². The molecule has 1 aliphatic rings. The number of hydrogen-bond acceptors (Lipinski definition) is 8. The number of thioether (sulfide) groups is 1. The SMILES string of the molecule is O=C(NCc1ccc([C@@H]2O[C@H](CSc3nc4ccccc4s3)C[C@H](c3ccc(CO)cc3)O2)cc1)c1cccnc1. The van der Waals surface area contributed by atoms with Crippen LogP contribution in [0.3, 0.4) is 0 Å². The van der Waals surface area contributed by atoms with E-state index >= 15 is 0 Å². The summed E-state index contributed by atoms with van der Waals surface area (Å²) in [6, 6.07) is 27.5. The molecule has 9 heteroatoms. The number of carbonyl (C=O) groups is 1. The number of para-hydroxylation sites is 1. The maximum absolute atomic E-state index is 12.4. The molecule has 0 radical (unpaired) electrons. The number of aliphatic hydroxyl groups excluding tert-OH is 1. The highest BCUT2D eigenvalue weighted by Gasteiger charge is 2.32. The molecule has 7 nitrogen and oxygen atoms in total. The number of pyridine rings is 1. The minimum Gasteiger partial charge on any atom is -0.392 e. The van der Waals surface area contributed by atoms with E-state index in [1.165, 1.54) is 4.70 Å². The van der Waals surface area contributed by atoms with Crippen molar-refractivity contribution in [2.45, 2.75) is 42.4 Å². The summed E-state index contributed by atoms with van der Waals surface area (Å²) in [7, 11) is 0. The maximum atomic E-state index is 12.4. The lowest BCUT2D eigenvalue weighted by Crippen LogP contribution is -2.31. The second kappa shape index (κ2) is 12.9. The largest absolute Gasteiger partial charge is 0.392 e. The van der Waals surface area contributed by atoms with Crippen LogP contribution in [0.25, 0.3) is 10.2 Å². The van der Waals surface area contributed by atoms with Gasteiger partial charge in [-0.15, -0.1) is 11.3 Å². The number of thiazole rings is 1. The molecule has 5 aromatic rings. The average molecular weight is 584 g/mol. The van der Waals surface area contributed by atoms with Gasteiger partial charge < -0.3 is 19.9 Å². The van der Waals surface area contributed by atoms with E-state index in [9.17, 15) is 9.90 Å². The van der Waals surface area contributed by atoms with E-state index in [-0.39, 0.29) is 24.7 Å². The van der Waals surface area contributed by atoms with Crippen molar-refractivity contribution in [2.24, 2.45) is 0 Å². The van der Waals surface area contributed by atoms with E-state index in [2.05, 4.69) is 16.4 Å². The normalized spacial score (nSPS) is 18.8. The number of ether oxygens (including phenoxy) is 2. The summed E-state index contributed by atoms with van der Waals surface area (Å²) in [6.45, 7) is 0.412. The van der Waals surface area contributed by atoms with E-state index in [0.717, 1.165) is 37.9 Å². The van der Waals surface area contributed by atoms with Gasteiger partial charge in [0, 0.05) is 36.7 Å². The summed E-state index contributed by atoms with van der Waals surface area (Å²) in [5.74, 6) is 0.591. The summed E-state index contributed by atoms with van der Waals surface area (Å²) in [5, 5.41) is 12.4. The van der Waals surface area contributed by atoms with Gasteiger partial charge in [0.25, 0.3) is 5.91 Å². The number of carbonyl (C=O) groups excluding carboxylic acids is 1. The molecule has 208 valence electrons. The van der Waals surface area contributed by atoms with Crippen LogP contribution >= 0.6 is 23.1 Å². The summed E-state index contributed by atoms with van der Waals surface area (Å²) in [5.41, 5.74) is 5.36. The van der Waals surface area contributed by atoms with Crippen LogP contribution in [0.1, 0.15) is 51.4 Å². The van der Waals surface area contributed by atoms with Gasteiger partial charge in [0.1, 0.15) is 0 Å². The van der Waals surface area contributed by atoms with Gasteiger partial charge in [0.15, 0.2) is 10.6 Å².